The molecule has 2 aromatic carbocycles. The second-order valence-corrected chi connectivity index (χ2v) is 8.66. The van der Waals surface area contributed by atoms with Crippen LogP contribution in [-0.4, -0.2) is 25.5 Å². The summed E-state index contributed by atoms with van der Waals surface area (Å²) in [6, 6.07) is 17.9. The number of esters is 1. The predicted molar refractivity (Wildman–Crippen MR) is 128 cm³/mol. The molecule has 0 amide bonds. The van der Waals surface area contributed by atoms with Gasteiger partial charge in [0, 0.05) is 29.0 Å². The van der Waals surface area contributed by atoms with Crippen LogP contribution >= 0.6 is 0 Å². The smallest absolute Gasteiger partial charge is 0.336 e. The minimum Gasteiger partial charge on any atom is -0.493 e. The maximum atomic E-state index is 13.6. The van der Waals surface area contributed by atoms with Gasteiger partial charge in [-0.1, -0.05) is 61.9 Å². The fourth-order valence-corrected chi connectivity index (χ4v) is 4.87. The molecular formula is C28H31NO4. The van der Waals surface area contributed by atoms with E-state index in [4.69, 9.17) is 9.47 Å². The molecule has 5 nitrogen and oxygen atoms in total. The van der Waals surface area contributed by atoms with Crippen molar-refractivity contribution in [1.29, 1.82) is 0 Å². The van der Waals surface area contributed by atoms with Gasteiger partial charge in [0.25, 0.3) is 0 Å². The van der Waals surface area contributed by atoms with Crippen LogP contribution in [0.5, 0.6) is 5.75 Å². The van der Waals surface area contributed by atoms with Gasteiger partial charge < -0.3 is 14.8 Å². The third-order valence-corrected chi connectivity index (χ3v) is 6.49. The highest BCUT2D eigenvalue weighted by molar-refractivity contribution is 6.04. The average Bonchev–Trinajstić information content (AvgIpc) is 2.83. The van der Waals surface area contributed by atoms with Crippen LogP contribution in [0, 0.1) is 0 Å². The summed E-state index contributed by atoms with van der Waals surface area (Å²) in [7, 11) is 1.38. The van der Waals surface area contributed by atoms with Crippen molar-refractivity contribution in [3.8, 4) is 5.75 Å². The minimum atomic E-state index is -0.518. The molecule has 172 valence electrons. The number of hydrogen-bond donors (Lipinski definition) is 1. The molecule has 2 atom stereocenters. The van der Waals surface area contributed by atoms with Crippen molar-refractivity contribution in [3.05, 3.63) is 88.3 Å². The first-order valence-corrected chi connectivity index (χ1v) is 11.6. The van der Waals surface area contributed by atoms with Gasteiger partial charge in [-0.2, -0.15) is 0 Å². The second kappa shape index (κ2) is 10.1. The van der Waals surface area contributed by atoms with Gasteiger partial charge in [0.2, 0.25) is 0 Å². The molecule has 0 bridgehead atoms. The summed E-state index contributed by atoms with van der Waals surface area (Å²) in [5.74, 6) is -0.0838. The number of methoxy groups -OCH3 is 1. The Kier molecular flexibility index (Phi) is 6.97. The van der Waals surface area contributed by atoms with E-state index in [9.17, 15) is 9.59 Å². The summed E-state index contributed by atoms with van der Waals surface area (Å²) in [6.07, 6.45) is 3.08. The highest BCUT2D eigenvalue weighted by atomic mass is 16.5. The number of carbonyl (C=O) groups is 2. The zero-order valence-electron chi connectivity index (χ0n) is 19.5. The first kappa shape index (κ1) is 22.8. The summed E-state index contributed by atoms with van der Waals surface area (Å²) in [4.78, 5) is 26.5. The van der Waals surface area contributed by atoms with Gasteiger partial charge in [-0.3, -0.25) is 4.79 Å². The fraction of sp³-hybridized carbons (Fsp3) is 0.357. The molecule has 0 saturated heterocycles. The molecule has 0 unspecified atom stereocenters. The molecule has 2 aliphatic rings. The van der Waals surface area contributed by atoms with Crippen molar-refractivity contribution in [2.45, 2.75) is 51.4 Å². The highest BCUT2D eigenvalue weighted by Crippen LogP contribution is 2.47. The Hall–Kier alpha value is -3.34. The highest BCUT2D eigenvalue weighted by Gasteiger charge is 2.42. The van der Waals surface area contributed by atoms with Crippen molar-refractivity contribution in [1.82, 2.24) is 5.32 Å². The van der Waals surface area contributed by atoms with Crippen molar-refractivity contribution in [2.75, 3.05) is 13.7 Å². The number of Topliss-reactive ketones (excluding diaryl/α,β-unsaturated/α-hetero) is 1. The number of ketones is 1. The summed E-state index contributed by atoms with van der Waals surface area (Å²) < 4.78 is 11.2. The van der Waals surface area contributed by atoms with E-state index in [1.165, 1.54) is 7.11 Å². The molecule has 1 aliphatic heterocycles. The number of benzene rings is 2. The summed E-state index contributed by atoms with van der Waals surface area (Å²) in [5, 5.41) is 3.38. The summed E-state index contributed by atoms with van der Waals surface area (Å²) >= 11 is 0. The second-order valence-electron chi connectivity index (χ2n) is 8.66. The van der Waals surface area contributed by atoms with Crippen LogP contribution in [0.25, 0.3) is 0 Å². The lowest BCUT2D eigenvalue weighted by molar-refractivity contribution is -0.136. The maximum absolute atomic E-state index is 13.6. The number of ether oxygens (including phenoxy) is 2. The van der Waals surface area contributed by atoms with E-state index in [2.05, 4.69) is 24.4 Å². The lowest BCUT2D eigenvalue weighted by atomic mass is 9.71. The molecule has 2 aromatic rings. The number of nitrogens with one attached hydrogen (secondary N) is 1. The molecule has 0 aromatic heterocycles. The van der Waals surface area contributed by atoms with E-state index in [1.54, 1.807) is 0 Å². The summed E-state index contributed by atoms with van der Waals surface area (Å²) in [5.41, 5.74) is 4.71. The van der Waals surface area contributed by atoms with Gasteiger partial charge in [0.1, 0.15) is 5.75 Å². The Morgan fingerprint density at radius 3 is 2.52 bits per heavy atom. The van der Waals surface area contributed by atoms with E-state index in [-0.39, 0.29) is 11.7 Å². The Labute approximate surface area is 195 Å². The molecule has 5 heteroatoms. The van der Waals surface area contributed by atoms with Crippen LogP contribution in [0.4, 0.5) is 0 Å². The first-order chi connectivity index (χ1) is 16.0. The van der Waals surface area contributed by atoms with Crippen molar-refractivity contribution in [2.24, 2.45) is 0 Å². The van der Waals surface area contributed by atoms with Crippen LogP contribution in [0.3, 0.4) is 0 Å². The largest absolute Gasteiger partial charge is 0.493 e. The van der Waals surface area contributed by atoms with Crippen LogP contribution in [0.1, 0.15) is 62.5 Å². The molecule has 4 rings (SSSR count). The van der Waals surface area contributed by atoms with E-state index in [0.717, 1.165) is 35.4 Å². The number of dihydropyridines is 1. The van der Waals surface area contributed by atoms with Gasteiger partial charge in [-0.05, 0) is 37.3 Å². The van der Waals surface area contributed by atoms with Crippen molar-refractivity contribution >= 4 is 11.8 Å². The monoisotopic (exact) mass is 445 g/mol. The number of unbranched alkanes of at least 4 members (excludes halogenated alkanes) is 1. The van der Waals surface area contributed by atoms with E-state index >= 15 is 0 Å². The van der Waals surface area contributed by atoms with Crippen LogP contribution in [-0.2, 0) is 14.3 Å². The fourth-order valence-electron chi connectivity index (χ4n) is 4.87. The number of rotatable bonds is 7. The Bertz CT molecular complexity index is 1100. The number of para-hydroxylation sites is 1. The van der Waals surface area contributed by atoms with E-state index in [1.807, 2.05) is 49.4 Å². The van der Waals surface area contributed by atoms with Gasteiger partial charge >= 0.3 is 5.97 Å². The SMILES string of the molecule is CCCCOc1ccccc1[C@H]1C(C(=O)OC)=C(C)NC2=C1C(=O)C[C@H](c1ccccc1)C2. The summed E-state index contributed by atoms with van der Waals surface area (Å²) in [6.45, 7) is 4.58. The van der Waals surface area contributed by atoms with Crippen molar-refractivity contribution < 1.29 is 19.1 Å². The van der Waals surface area contributed by atoms with Gasteiger partial charge in [0.05, 0.1) is 25.2 Å². The number of carbonyl (C=O) groups excluding carboxylic acids is 2. The van der Waals surface area contributed by atoms with E-state index in [0.29, 0.717) is 36.3 Å². The topological polar surface area (TPSA) is 64.6 Å². The Morgan fingerprint density at radius 2 is 1.79 bits per heavy atom. The number of allylic oxidation sites excluding steroid dienone is 3. The maximum Gasteiger partial charge on any atom is 0.336 e. The van der Waals surface area contributed by atoms with Crippen LogP contribution in [0.2, 0.25) is 0 Å². The zero-order valence-corrected chi connectivity index (χ0v) is 19.5. The molecule has 0 saturated carbocycles. The van der Waals surface area contributed by atoms with Gasteiger partial charge in [-0.25, -0.2) is 4.79 Å². The quantitative estimate of drug-likeness (QED) is 0.457. The lowest BCUT2D eigenvalue weighted by Gasteiger charge is -2.37. The third kappa shape index (κ3) is 4.58. The predicted octanol–water partition coefficient (Wildman–Crippen LogP) is 5.40. The first-order valence-electron chi connectivity index (χ1n) is 11.6. The Morgan fingerprint density at radius 1 is 1.06 bits per heavy atom. The number of hydrogen-bond acceptors (Lipinski definition) is 5. The standard InChI is InChI=1S/C28H31NO4/c1-4-5-15-33-24-14-10-9-13-21(24)26-25(28(31)32-3)18(2)29-22-16-20(17-23(30)27(22)26)19-11-7-6-8-12-19/h6-14,20,26,29H,4-5,15-17H2,1-3H3/t20-,26+/m1/s1. The molecule has 33 heavy (non-hydrogen) atoms. The molecule has 1 heterocycles. The zero-order chi connectivity index (χ0) is 23.4. The molecule has 1 aliphatic carbocycles. The molecule has 0 radical (unpaired) electrons. The molecule has 0 fully saturated rings. The minimum absolute atomic E-state index is 0.0554. The Balaban J connectivity index is 1.80. The third-order valence-electron chi connectivity index (χ3n) is 6.49. The molecule has 0 spiro atoms. The normalized spacial score (nSPS) is 20.3. The lowest BCUT2D eigenvalue weighted by Crippen LogP contribution is -2.36. The average molecular weight is 446 g/mol. The van der Waals surface area contributed by atoms with Gasteiger partial charge in [-0.15, -0.1) is 0 Å². The van der Waals surface area contributed by atoms with Crippen molar-refractivity contribution in [3.63, 3.8) is 0 Å². The van der Waals surface area contributed by atoms with E-state index < -0.39 is 11.9 Å². The molecular weight excluding hydrogens is 414 g/mol. The van der Waals surface area contributed by atoms with Crippen LogP contribution in [0.15, 0.2) is 77.1 Å². The van der Waals surface area contributed by atoms with Gasteiger partial charge in [0.15, 0.2) is 5.78 Å². The molecule has 1 N–H and O–H groups in total. The van der Waals surface area contributed by atoms with Crippen LogP contribution < -0.4 is 10.1 Å².